The standard InChI is InChI=1S/C20H27NO3/c1-8-3-19-6-10-15-18(2)4-9(22)5-20(15)16(19)14(24)11(8)13(23)12(19)17(20)21(10)7-18/h9-17,22-24H,1,3-7H2,2H3/t9-,10?,11-,12?,13?,14+,15+,16+,17?,18-,19-,20-/m0/s1. The van der Waals surface area contributed by atoms with E-state index in [-0.39, 0.29) is 40.1 Å². The summed E-state index contributed by atoms with van der Waals surface area (Å²) < 4.78 is 0. The summed E-state index contributed by atoms with van der Waals surface area (Å²) in [7, 11) is 0. The Morgan fingerprint density at radius 1 is 1.08 bits per heavy atom. The molecule has 0 radical (unpaired) electrons. The van der Waals surface area contributed by atoms with Crippen LogP contribution in [-0.4, -0.2) is 57.2 Å². The molecule has 6 aliphatic carbocycles. The van der Waals surface area contributed by atoms with Gasteiger partial charge in [0.1, 0.15) is 0 Å². The Hall–Kier alpha value is -0.420. The van der Waals surface area contributed by atoms with E-state index in [1.54, 1.807) is 0 Å². The van der Waals surface area contributed by atoms with Gasteiger partial charge in [-0.3, -0.25) is 4.90 Å². The Morgan fingerprint density at radius 2 is 1.88 bits per heavy atom. The van der Waals surface area contributed by atoms with E-state index in [1.807, 2.05) is 0 Å². The van der Waals surface area contributed by atoms with E-state index in [0.717, 1.165) is 37.8 Å². The maximum atomic E-state index is 11.3. The molecular weight excluding hydrogens is 302 g/mol. The van der Waals surface area contributed by atoms with E-state index in [2.05, 4.69) is 18.4 Å². The summed E-state index contributed by atoms with van der Waals surface area (Å²) in [5.74, 6) is 1.02. The Balaban J connectivity index is 1.54. The Morgan fingerprint density at radius 3 is 2.67 bits per heavy atom. The number of rotatable bonds is 0. The molecule has 13 atom stereocenters. The van der Waals surface area contributed by atoms with Crippen molar-refractivity contribution in [1.29, 1.82) is 0 Å². The second kappa shape index (κ2) is 3.40. The average Bonchev–Trinajstić information content (AvgIpc) is 2.88. The highest BCUT2D eigenvalue weighted by molar-refractivity contribution is 5.43. The minimum Gasteiger partial charge on any atom is -0.393 e. The van der Waals surface area contributed by atoms with Crippen molar-refractivity contribution in [2.75, 3.05) is 6.54 Å². The van der Waals surface area contributed by atoms with Crippen molar-refractivity contribution in [3.05, 3.63) is 12.2 Å². The molecular formula is C20H27NO3. The second-order valence-electron chi connectivity index (χ2n) is 10.8. The predicted molar refractivity (Wildman–Crippen MR) is 86.8 cm³/mol. The monoisotopic (exact) mass is 329 g/mol. The minimum absolute atomic E-state index is 0.0358. The van der Waals surface area contributed by atoms with Crippen LogP contribution in [0.15, 0.2) is 12.2 Å². The molecule has 0 aromatic rings. The molecule has 0 amide bonds. The van der Waals surface area contributed by atoms with Crippen molar-refractivity contribution in [3.8, 4) is 0 Å². The van der Waals surface area contributed by atoms with Crippen LogP contribution in [0.1, 0.15) is 32.6 Å². The number of piperidine rings is 2. The molecule has 0 aromatic carbocycles. The smallest absolute Gasteiger partial charge is 0.0679 e. The Bertz CT molecular complexity index is 709. The zero-order valence-corrected chi connectivity index (χ0v) is 14.2. The topological polar surface area (TPSA) is 63.9 Å². The fourth-order valence-electron chi connectivity index (χ4n) is 10.7. The fourth-order valence-corrected chi connectivity index (χ4v) is 10.7. The van der Waals surface area contributed by atoms with Gasteiger partial charge in [-0.25, -0.2) is 0 Å². The molecule has 4 nitrogen and oxygen atoms in total. The van der Waals surface area contributed by atoms with Gasteiger partial charge in [0, 0.05) is 30.5 Å². The van der Waals surface area contributed by atoms with Crippen LogP contribution in [0.2, 0.25) is 0 Å². The van der Waals surface area contributed by atoms with Gasteiger partial charge in [0.25, 0.3) is 0 Å². The average molecular weight is 329 g/mol. The number of aliphatic hydroxyl groups is 3. The van der Waals surface area contributed by atoms with Crippen LogP contribution in [0.5, 0.6) is 0 Å². The lowest BCUT2D eigenvalue weighted by Crippen LogP contribution is -2.67. The minimum atomic E-state index is -0.460. The van der Waals surface area contributed by atoms with Crippen LogP contribution in [-0.2, 0) is 0 Å². The zero-order chi connectivity index (χ0) is 16.4. The zero-order valence-electron chi connectivity index (χ0n) is 14.2. The lowest BCUT2D eigenvalue weighted by atomic mass is 9.39. The van der Waals surface area contributed by atoms with Gasteiger partial charge < -0.3 is 15.3 Å². The summed E-state index contributed by atoms with van der Waals surface area (Å²) in [6, 6.07) is 0.999. The fraction of sp³-hybridized carbons (Fsp3) is 0.900. The molecule has 3 aliphatic heterocycles. The van der Waals surface area contributed by atoms with Crippen molar-refractivity contribution in [2.24, 2.45) is 39.9 Å². The summed E-state index contributed by atoms with van der Waals surface area (Å²) in [5, 5.41) is 33.3. The van der Waals surface area contributed by atoms with Gasteiger partial charge in [-0.1, -0.05) is 19.1 Å². The molecule has 9 aliphatic rings. The maximum Gasteiger partial charge on any atom is 0.0679 e. The molecule has 3 saturated heterocycles. The summed E-state index contributed by atoms with van der Waals surface area (Å²) in [4.78, 5) is 2.73. The second-order valence-corrected chi connectivity index (χ2v) is 10.8. The van der Waals surface area contributed by atoms with E-state index in [9.17, 15) is 15.3 Å². The lowest BCUT2D eigenvalue weighted by molar-refractivity contribution is -0.213. The predicted octanol–water partition coefficient (Wildman–Crippen LogP) is 0.764. The summed E-state index contributed by atoms with van der Waals surface area (Å²) in [5.41, 5.74) is 1.37. The molecule has 24 heavy (non-hydrogen) atoms. The van der Waals surface area contributed by atoms with Crippen molar-refractivity contribution >= 4 is 0 Å². The van der Waals surface area contributed by atoms with Crippen LogP contribution in [0.25, 0.3) is 0 Å². The number of aliphatic hydroxyl groups excluding tert-OH is 3. The summed E-state index contributed by atoms with van der Waals surface area (Å²) >= 11 is 0. The van der Waals surface area contributed by atoms with E-state index in [4.69, 9.17) is 0 Å². The molecule has 5 unspecified atom stereocenters. The summed E-state index contributed by atoms with van der Waals surface area (Å²) in [6.45, 7) is 7.72. The van der Waals surface area contributed by atoms with E-state index in [1.165, 1.54) is 0 Å². The van der Waals surface area contributed by atoms with E-state index < -0.39 is 12.2 Å². The van der Waals surface area contributed by atoms with Gasteiger partial charge in [0.05, 0.1) is 18.3 Å². The van der Waals surface area contributed by atoms with Crippen LogP contribution >= 0.6 is 0 Å². The van der Waals surface area contributed by atoms with Gasteiger partial charge in [-0.15, -0.1) is 0 Å². The van der Waals surface area contributed by atoms with Crippen LogP contribution in [0.3, 0.4) is 0 Å². The van der Waals surface area contributed by atoms with Crippen molar-refractivity contribution < 1.29 is 15.3 Å². The van der Waals surface area contributed by atoms with Crippen molar-refractivity contribution in [3.63, 3.8) is 0 Å². The number of nitrogens with zero attached hydrogens (tertiary/aromatic N) is 1. The molecule has 9 bridgehead atoms. The molecule has 6 saturated carbocycles. The maximum absolute atomic E-state index is 11.3. The largest absolute Gasteiger partial charge is 0.393 e. The van der Waals surface area contributed by atoms with Gasteiger partial charge >= 0.3 is 0 Å². The Kier molecular flexibility index (Phi) is 1.95. The molecule has 3 N–H and O–H groups in total. The third kappa shape index (κ3) is 0.980. The number of fused-ring (bicyclic) bond motifs is 1. The van der Waals surface area contributed by atoms with Crippen LogP contribution < -0.4 is 0 Å². The molecule has 9 rings (SSSR count). The van der Waals surface area contributed by atoms with Crippen molar-refractivity contribution in [1.82, 2.24) is 4.90 Å². The third-order valence-corrected chi connectivity index (χ3v) is 10.1. The lowest BCUT2D eigenvalue weighted by Gasteiger charge is -2.65. The molecule has 4 heteroatoms. The molecule has 3 heterocycles. The van der Waals surface area contributed by atoms with Gasteiger partial charge in [-0.2, -0.15) is 0 Å². The first kappa shape index (κ1) is 13.7. The number of hydrogen-bond acceptors (Lipinski definition) is 4. The highest BCUT2D eigenvalue weighted by Gasteiger charge is 2.90. The van der Waals surface area contributed by atoms with Crippen LogP contribution in [0.4, 0.5) is 0 Å². The number of hydrogen-bond donors (Lipinski definition) is 3. The summed E-state index contributed by atoms with van der Waals surface area (Å²) in [6.07, 6.45) is 2.76. The first-order valence-corrected chi connectivity index (χ1v) is 9.83. The SMILES string of the molecule is C=C1C[C@]23CC4[C@@H]5[C@@]6(C)C[C@H](O)C[C@]57C(C2C(O)[C@H]1[C@@H](O)[C@H]37)N4C6. The van der Waals surface area contributed by atoms with E-state index in [0.29, 0.717) is 18.0 Å². The third-order valence-electron chi connectivity index (χ3n) is 10.1. The molecule has 130 valence electrons. The Labute approximate surface area is 142 Å². The first-order valence-electron chi connectivity index (χ1n) is 9.83. The molecule has 2 spiro atoms. The highest BCUT2D eigenvalue weighted by Crippen LogP contribution is 2.86. The van der Waals surface area contributed by atoms with Crippen LogP contribution in [0, 0.1) is 39.9 Å². The van der Waals surface area contributed by atoms with Crippen molar-refractivity contribution in [2.45, 2.75) is 63.0 Å². The molecule has 0 aromatic heterocycles. The van der Waals surface area contributed by atoms with Gasteiger partial charge in [-0.05, 0) is 53.8 Å². The first-order chi connectivity index (χ1) is 11.4. The van der Waals surface area contributed by atoms with E-state index >= 15 is 0 Å². The quantitative estimate of drug-likeness (QED) is 0.574. The highest BCUT2D eigenvalue weighted by atomic mass is 16.3. The normalized spacial score (nSPS) is 76.1. The van der Waals surface area contributed by atoms with Gasteiger partial charge in [0.2, 0.25) is 0 Å². The van der Waals surface area contributed by atoms with Gasteiger partial charge in [0.15, 0.2) is 0 Å². The molecule has 9 fully saturated rings.